The van der Waals surface area contributed by atoms with Gasteiger partial charge in [0.1, 0.15) is 0 Å². The van der Waals surface area contributed by atoms with Crippen molar-refractivity contribution >= 4 is 69.9 Å². The van der Waals surface area contributed by atoms with Gasteiger partial charge in [0, 0.05) is 0 Å². The first-order valence-corrected chi connectivity index (χ1v) is 13.3. The Morgan fingerprint density at radius 1 is 1.17 bits per heavy atom. The van der Waals surface area contributed by atoms with Crippen molar-refractivity contribution < 1.29 is 9.84 Å². The molecular formula is C19H13Cl2N5O2SSn. The molecule has 150 valence electrons. The number of halogens is 2. The molecule has 0 fully saturated rings. The summed E-state index contributed by atoms with van der Waals surface area (Å²) in [6.45, 7) is 1.74. The fourth-order valence-corrected chi connectivity index (χ4v) is 7.96. The first kappa shape index (κ1) is 21.5. The Morgan fingerprint density at radius 2 is 2.03 bits per heavy atom. The van der Waals surface area contributed by atoms with Crippen molar-refractivity contribution in [2.45, 2.75) is 13.5 Å². The van der Waals surface area contributed by atoms with Gasteiger partial charge in [-0.25, -0.2) is 0 Å². The van der Waals surface area contributed by atoms with Crippen LogP contribution in [0.4, 0.5) is 5.82 Å². The van der Waals surface area contributed by atoms with Gasteiger partial charge in [-0.15, -0.1) is 0 Å². The normalized spacial score (nSPS) is 14.8. The van der Waals surface area contributed by atoms with E-state index in [0.29, 0.717) is 27.3 Å². The van der Waals surface area contributed by atoms with E-state index in [1.165, 1.54) is 6.20 Å². The summed E-state index contributed by atoms with van der Waals surface area (Å²) in [6, 6.07) is 7.11. The summed E-state index contributed by atoms with van der Waals surface area (Å²) in [6.07, 6.45) is 3.09. The zero-order chi connectivity index (χ0) is 21.1. The van der Waals surface area contributed by atoms with Crippen molar-refractivity contribution in [2.75, 3.05) is 0 Å². The van der Waals surface area contributed by atoms with Gasteiger partial charge < -0.3 is 0 Å². The van der Waals surface area contributed by atoms with E-state index in [4.69, 9.17) is 33.0 Å². The van der Waals surface area contributed by atoms with Gasteiger partial charge in [0.15, 0.2) is 0 Å². The molecule has 0 saturated heterocycles. The van der Waals surface area contributed by atoms with Gasteiger partial charge in [-0.2, -0.15) is 0 Å². The first-order chi connectivity index (χ1) is 14.5. The molecule has 7 nitrogen and oxygen atoms in total. The summed E-state index contributed by atoms with van der Waals surface area (Å²) in [5.41, 5.74) is 2.07. The number of aliphatic hydroxyl groups excluding tert-OH is 1. The van der Waals surface area contributed by atoms with Crippen LogP contribution in [0, 0.1) is 6.92 Å². The molecule has 2 aromatic heterocycles. The second-order valence-corrected chi connectivity index (χ2v) is 12.0. The summed E-state index contributed by atoms with van der Waals surface area (Å²) in [7, 11) is 0. The number of hydrogen-bond donors (Lipinski definition) is 1. The summed E-state index contributed by atoms with van der Waals surface area (Å²) in [5.74, 6) is 0.972. The summed E-state index contributed by atoms with van der Waals surface area (Å²) < 4.78 is 9.04. The summed E-state index contributed by atoms with van der Waals surface area (Å²) in [5, 5.41) is 9.98. The van der Waals surface area contributed by atoms with Crippen LogP contribution >= 0.6 is 35.0 Å². The van der Waals surface area contributed by atoms with E-state index in [9.17, 15) is 0 Å². The number of aryl methyl sites for hydroxylation is 1. The number of thioether (sulfide) groups is 1. The first-order valence-electron chi connectivity index (χ1n) is 8.64. The zero-order valence-electron chi connectivity index (χ0n) is 15.5. The van der Waals surface area contributed by atoms with Crippen molar-refractivity contribution in [2.24, 2.45) is 4.99 Å². The van der Waals surface area contributed by atoms with E-state index in [1.54, 1.807) is 36.2 Å². The molecule has 11 heteroatoms. The van der Waals surface area contributed by atoms with Crippen molar-refractivity contribution in [1.82, 2.24) is 19.9 Å². The summed E-state index contributed by atoms with van der Waals surface area (Å²) in [4.78, 5) is 22.8. The van der Waals surface area contributed by atoms with Crippen LogP contribution in [0.3, 0.4) is 0 Å². The molecule has 1 N–H and O–H groups in total. The number of aliphatic hydroxyl groups is 1. The average molecular weight is 565 g/mol. The number of hydrogen-bond acceptors (Lipinski definition) is 8. The minimum atomic E-state index is -0.990. The van der Waals surface area contributed by atoms with Crippen molar-refractivity contribution in [3.63, 3.8) is 0 Å². The van der Waals surface area contributed by atoms with E-state index < -0.39 is 21.1 Å². The SMILES string of the molecule is Cc1cc(C2=[CH][Sn][C](=Nc3cnc(CO)cn3)S2)nc(Oc2ccc(Cl)cc2Cl)n1. The number of ether oxygens (including phenoxy) is 1. The predicted molar refractivity (Wildman–Crippen MR) is 120 cm³/mol. The fourth-order valence-electron chi connectivity index (χ4n) is 2.43. The van der Waals surface area contributed by atoms with E-state index in [1.807, 2.05) is 13.0 Å². The zero-order valence-corrected chi connectivity index (χ0v) is 20.7. The molecule has 0 saturated carbocycles. The molecule has 0 aliphatic carbocycles. The third-order valence-corrected chi connectivity index (χ3v) is 9.67. The second-order valence-electron chi connectivity index (χ2n) is 6.05. The van der Waals surface area contributed by atoms with E-state index in [0.717, 1.165) is 19.4 Å². The molecule has 30 heavy (non-hydrogen) atoms. The summed E-state index contributed by atoms with van der Waals surface area (Å²) >= 11 is 12.7. The Balaban J connectivity index is 1.52. The van der Waals surface area contributed by atoms with Gasteiger partial charge in [-0.3, -0.25) is 0 Å². The maximum atomic E-state index is 9.06. The molecule has 0 unspecified atom stereocenters. The maximum absolute atomic E-state index is 9.06. The molecule has 2 radical (unpaired) electrons. The van der Waals surface area contributed by atoms with Crippen LogP contribution in [0.25, 0.3) is 4.91 Å². The van der Waals surface area contributed by atoms with Crippen LogP contribution in [0.5, 0.6) is 11.8 Å². The van der Waals surface area contributed by atoms with Crippen LogP contribution < -0.4 is 4.74 Å². The molecule has 3 aromatic rings. The van der Waals surface area contributed by atoms with Gasteiger partial charge >= 0.3 is 198 Å². The molecule has 1 aromatic carbocycles. The van der Waals surface area contributed by atoms with E-state index >= 15 is 0 Å². The van der Waals surface area contributed by atoms with Gasteiger partial charge in [0.2, 0.25) is 0 Å². The van der Waals surface area contributed by atoms with Crippen LogP contribution in [0.2, 0.25) is 10.0 Å². The number of benzene rings is 1. The molecule has 4 rings (SSSR count). The van der Waals surface area contributed by atoms with Crippen molar-refractivity contribution in [3.8, 4) is 11.8 Å². The fraction of sp³-hybridized carbons (Fsp3) is 0.105. The molecule has 0 spiro atoms. The third kappa shape index (κ3) is 5.30. The molecule has 1 aliphatic rings. The Morgan fingerprint density at radius 3 is 2.77 bits per heavy atom. The van der Waals surface area contributed by atoms with E-state index in [-0.39, 0.29) is 12.6 Å². The van der Waals surface area contributed by atoms with Crippen LogP contribution in [-0.2, 0) is 6.61 Å². The number of aliphatic imine (C=N–C) groups is 1. The third-order valence-electron chi connectivity index (χ3n) is 3.78. The Kier molecular flexibility index (Phi) is 6.89. The van der Waals surface area contributed by atoms with Crippen LogP contribution in [0.15, 0.2) is 45.7 Å². The van der Waals surface area contributed by atoms with Crippen LogP contribution in [-0.4, -0.2) is 49.2 Å². The quantitative estimate of drug-likeness (QED) is 0.453. The standard InChI is InChI=1S/C19H13Cl2N5O2S.Sn/c1-11-5-16(12(2)29-10-24-18-8-22-14(9-27)7-23-18)26-19(25-11)28-17-4-3-13(20)6-15(17)21;/h2-8,27H,9H2,1H3;. The van der Waals surface area contributed by atoms with Gasteiger partial charge in [-0.05, 0) is 0 Å². The van der Waals surface area contributed by atoms with Crippen LogP contribution in [0.1, 0.15) is 17.1 Å². The topological polar surface area (TPSA) is 93.4 Å². The van der Waals surface area contributed by atoms with E-state index in [2.05, 4.69) is 29.0 Å². The number of nitrogens with zero attached hydrogens (tertiary/aromatic N) is 5. The molecule has 0 bridgehead atoms. The number of aromatic nitrogens is 4. The van der Waals surface area contributed by atoms with Crippen molar-refractivity contribution in [1.29, 1.82) is 0 Å². The average Bonchev–Trinajstić information content (AvgIpc) is 3.19. The van der Waals surface area contributed by atoms with Gasteiger partial charge in [0.25, 0.3) is 0 Å². The Bertz CT molecular complexity index is 1160. The number of rotatable bonds is 5. The molecular weight excluding hydrogens is 552 g/mol. The Labute approximate surface area is 196 Å². The molecule has 0 amide bonds. The van der Waals surface area contributed by atoms with Gasteiger partial charge in [-0.1, -0.05) is 0 Å². The predicted octanol–water partition coefficient (Wildman–Crippen LogP) is 4.60. The second kappa shape index (κ2) is 9.61. The minimum absolute atomic E-state index is 0.139. The monoisotopic (exact) mass is 565 g/mol. The Hall–Kier alpha value is -1.72. The van der Waals surface area contributed by atoms with Gasteiger partial charge in [0.05, 0.1) is 0 Å². The molecule has 1 aliphatic heterocycles. The van der Waals surface area contributed by atoms with Crippen molar-refractivity contribution in [3.05, 3.63) is 67.9 Å². The molecule has 3 heterocycles. The molecule has 0 atom stereocenters.